The summed E-state index contributed by atoms with van der Waals surface area (Å²) in [4.78, 5) is 8.94. The predicted molar refractivity (Wildman–Crippen MR) is 93.4 cm³/mol. The lowest BCUT2D eigenvalue weighted by Gasteiger charge is -2.23. The number of hydrogen-bond donors (Lipinski definition) is 1. The van der Waals surface area contributed by atoms with E-state index in [9.17, 15) is 0 Å². The third-order valence-corrected chi connectivity index (χ3v) is 5.36. The van der Waals surface area contributed by atoms with Crippen molar-refractivity contribution in [1.82, 2.24) is 10.3 Å². The first-order valence-electron chi connectivity index (χ1n) is 8.53. The monoisotopic (exact) mass is 309 g/mol. The van der Waals surface area contributed by atoms with E-state index in [4.69, 9.17) is 4.98 Å². The maximum Gasteiger partial charge on any atom is 0.185 e. The third kappa shape index (κ3) is 4.68. The van der Waals surface area contributed by atoms with Crippen LogP contribution in [0.5, 0.6) is 0 Å². The molecule has 2 rings (SSSR count). The van der Waals surface area contributed by atoms with Gasteiger partial charge in [0.15, 0.2) is 5.13 Å². The smallest absolute Gasteiger partial charge is 0.185 e. The van der Waals surface area contributed by atoms with Crippen LogP contribution in [0.1, 0.15) is 70.4 Å². The molecular formula is C17H31N3S. The number of anilines is 1. The summed E-state index contributed by atoms with van der Waals surface area (Å²) in [6.07, 6.45) is 3.89. The molecule has 1 aromatic heterocycles. The normalized spacial score (nSPS) is 16.5. The summed E-state index contributed by atoms with van der Waals surface area (Å²) in [6.45, 7) is 14.4. The van der Waals surface area contributed by atoms with Crippen LogP contribution in [0.4, 0.5) is 5.13 Å². The van der Waals surface area contributed by atoms with Gasteiger partial charge in [-0.15, -0.1) is 11.3 Å². The van der Waals surface area contributed by atoms with E-state index >= 15 is 0 Å². The van der Waals surface area contributed by atoms with Gasteiger partial charge in [0.05, 0.1) is 5.69 Å². The van der Waals surface area contributed by atoms with Gasteiger partial charge in [0.2, 0.25) is 0 Å². The van der Waals surface area contributed by atoms with E-state index in [0.717, 1.165) is 31.5 Å². The van der Waals surface area contributed by atoms with E-state index < -0.39 is 0 Å². The highest BCUT2D eigenvalue weighted by atomic mass is 32.1. The van der Waals surface area contributed by atoms with Gasteiger partial charge in [0.25, 0.3) is 0 Å². The Kier molecular flexibility index (Phi) is 6.06. The fraction of sp³-hybridized carbons (Fsp3) is 0.824. The Hall–Kier alpha value is -0.610. The molecule has 0 spiro atoms. The molecule has 3 nitrogen and oxygen atoms in total. The van der Waals surface area contributed by atoms with Gasteiger partial charge in [0.1, 0.15) is 0 Å². The van der Waals surface area contributed by atoms with Gasteiger partial charge >= 0.3 is 0 Å². The SMILES string of the molecule is CCC(C)CN(CC)c1nc(C2CC2)c(CNC(C)C)s1. The summed E-state index contributed by atoms with van der Waals surface area (Å²) < 4.78 is 0. The first kappa shape index (κ1) is 16.8. The number of rotatable bonds is 9. The van der Waals surface area contributed by atoms with Gasteiger partial charge in [-0.1, -0.05) is 34.1 Å². The molecule has 0 aromatic carbocycles. The second kappa shape index (κ2) is 7.59. The summed E-state index contributed by atoms with van der Waals surface area (Å²) in [5.74, 6) is 1.47. The maximum absolute atomic E-state index is 5.01. The van der Waals surface area contributed by atoms with Crippen LogP contribution in [-0.4, -0.2) is 24.1 Å². The molecular weight excluding hydrogens is 278 g/mol. The summed E-state index contributed by atoms with van der Waals surface area (Å²) in [6, 6.07) is 0.532. The van der Waals surface area contributed by atoms with Gasteiger partial charge in [-0.3, -0.25) is 0 Å². The highest BCUT2D eigenvalue weighted by molar-refractivity contribution is 7.15. The molecule has 1 aromatic rings. The average Bonchev–Trinajstić information content (AvgIpc) is 3.22. The molecule has 0 saturated heterocycles. The molecule has 1 aliphatic rings. The fourth-order valence-corrected chi connectivity index (χ4v) is 3.60. The van der Waals surface area contributed by atoms with Crippen molar-refractivity contribution in [3.63, 3.8) is 0 Å². The van der Waals surface area contributed by atoms with Crippen LogP contribution in [0.3, 0.4) is 0 Å². The zero-order valence-electron chi connectivity index (χ0n) is 14.3. The van der Waals surface area contributed by atoms with Crippen molar-refractivity contribution in [3.05, 3.63) is 10.6 Å². The van der Waals surface area contributed by atoms with E-state index in [1.165, 1.54) is 35.0 Å². The molecule has 4 heteroatoms. The summed E-state index contributed by atoms with van der Waals surface area (Å²) in [5, 5.41) is 4.80. The van der Waals surface area contributed by atoms with Crippen LogP contribution in [-0.2, 0) is 6.54 Å². The highest BCUT2D eigenvalue weighted by Crippen LogP contribution is 2.44. The Balaban J connectivity index is 2.12. The van der Waals surface area contributed by atoms with Crippen molar-refractivity contribution in [2.24, 2.45) is 5.92 Å². The second-order valence-electron chi connectivity index (χ2n) is 6.67. The lowest BCUT2D eigenvalue weighted by molar-refractivity contribution is 0.547. The van der Waals surface area contributed by atoms with Crippen molar-refractivity contribution >= 4 is 16.5 Å². The molecule has 1 aliphatic carbocycles. The Morgan fingerprint density at radius 3 is 2.52 bits per heavy atom. The lowest BCUT2D eigenvalue weighted by Crippen LogP contribution is -2.27. The van der Waals surface area contributed by atoms with Crippen LogP contribution in [0, 0.1) is 5.92 Å². The summed E-state index contributed by atoms with van der Waals surface area (Å²) >= 11 is 1.91. The molecule has 1 fully saturated rings. The average molecular weight is 310 g/mol. The standard InChI is InChI=1S/C17H31N3S/c1-6-13(5)11-20(7-2)17-19-16(14-8-9-14)15(21-17)10-18-12(3)4/h12-14,18H,6-11H2,1-5H3. The van der Waals surface area contributed by atoms with Gasteiger partial charge in [-0.25, -0.2) is 4.98 Å². The van der Waals surface area contributed by atoms with E-state index in [1.807, 2.05) is 11.3 Å². The Morgan fingerprint density at radius 1 is 1.29 bits per heavy atom. The zero-order chi connectivity index (χ0) is 15.4. The molecule has 21 heavy (non-hydrogen) atoms. The van der Waals surface area contributed by atoms with E-state index in [-0.39, 0.29) is 0 Å². The molecule has 1 N–H and O–H groups in total. The topological polar surface area (TPSA) is 28.2 Å². The third-order valence-electron chi connectivity index (χ3n) is 4.23. The van der Waals surface area contributed by atoms with E-state index in [0.29, 0.717) is 6.04 Å². The molecule has 0 aliphatic heterocycles. The molecule has 1 heterocycles. The van der Waals surface area contributed by atoms with Crippen LogP contribution in [0.25, 0.3) is 0 Å². The van der Waals surface area contributed by atoms with E-state index in [2.05, 4.69) is 44.8 Å². The molecule has 0 radical (unpaired) electrons. The van der Waals surface area contributed by atoms with Gasteiger partial charge < -0.3 is 10.2 Å². The van der Waals surface area contributed by atoms with Crippen molar-refractivity contribution in [2.75, 3.05) is 18.0 Å². The number of aromatic nitrogens is 1. The minimum absolute atomic E-state index is 0.532. The fourth-order valence-electron chi connectivity index (χ4n) is 2.43. The first-order chi connectivity index (χ1) is 10.0. The number of thiazole rings is 1. The zero-order valence-corrected chi connectivity index (χ0v) is 15.1. The number of hydrogen-bond acceptors (Lipinski definition) is 4. The van der Waals surface area contributed by atoms with Crippen LogP contribution in [0.2, 0.25) is 0 Å². The van der Waals surface area contributed by atoms with Crippen molar-refractivity contribution in [3.8, 4) is 0 Å². The van der Waals surface area contributed by atoms with E-state index in [1.54, 1.807) is 0 Å². The van der Waals surface area contributed by atoms with Crippen molar-refractivity contribution in [2.45, 2.75) is 72.4 Å². The Morgan fingerprint density at radius 2 is 2.00 bits per heavy atom. The minimum Gasteiger partial charge on any atom is -0.348 e. The molecule has 0 amide bonds. The number of nitrogens with one attached hydrogen (secondary N) is 1. The number of nitrogens with zero attached hydrogens (tertiary/aromatic N) is 2. The molecule has 120 valence electrons. The lowest BCUT2D eigenvalue weighted by atomic mass is 10.1. The minimum atomic E-state index is 0.532. The quantitative estimate of drug-likeness (QED) is 0.733. The summed E-state index contributed by atoms with van der Waals surface area (Å²) in [5.41, 5.74) is 1.38. The van der Waals surface area contributed by atoms with Crippen LogP contribution >= 0.6 is 11.3 Å². The Bertz CT molecular complexity index is 437. The van der Waals surface area contributed by atoms with Gasteiger partial charge in [-0.05, 0) is 25.7 Å². The predicted octanol–water partition coefficient (Wildman–Crippen LogP) is 4.39. The van der Waals surface area contributed by atoms with Crippen molar-refractivity contribution < 1.29 is 0 Å². The van der Waals surface area contributed by atoms with Gasteiger partial charge in [0, 0.05) is 36.5 Å². The van der Waals surface area contributed by atoms with Crippen LogP contribution in [0.15, 0.2) is 0 Å². The maximum atomic E-state index is 5.01. The van der Waals surface area contributed by atoms with Crippen molar-refractivity contribution in [1.29, 1.82) is 0 Å². The van der Waals surface area contributed by atoms with Crippen LogP contribution < -0.4 is 10.2 Å². The first-order valence-corrected chi connectivity index (χ1v) is 9.34. The highest BCUT2D eigenvalue weighted by Gasteiger charge is 2.30. The second-order valence-corrected chi connectivity index (χ2v) is 7.73. The molecule has 1 atom stereocenters. The molecule has 0 bridgehead atoms. The van der Waals surface area contributed by atoms with Gasteiger partial charge in [-0.2, -0.15) is 0 Å². The molecule has 1 unspecified atom stereocenters. The Labute approximate surface area is 134 Å². The summed E-state index contributed by atoms with van der Waals surface area (Å²) in [7, 11) is 0. The molecule has 1 saturated carbocycles. The largest absolute Gasteiger partial charge is 0.348 e.